The Balaban J connectivity index is 1.36. The van der Waals surface area contributed by atoms with Crippen molar-refractivity contribution in [2.75, 3.05) is 62.0 Å². The van der Waals surface area contributed by atoms with Crippen LogP contribution in [0.5, 0.6) is 0 Å². The number of carbonyl (C=O) groups is 1. The van der Waals surface area contributed by atoms with Gasteiger partial charge in [-0.15, -0.1) is 0 Å². The van der Waals surface area contributed by atoms with Crippen molar-refractivity contribution in [3.05, 3.63) is 78.3 Å². The summed E-state index contributed by atoms with van der Waals surface area (Å²) in [5, 5.41) is 15.3. The average Bonchev–Trinajstić information content (AvgIpc) is 2.98. The Morgan fingerprint density at radius 2 is 1.90 bits per heavy atom. The van der Waals surface area contributed by atoms with E-state index in [1.807, 2.05) is 42.5 Å². The Morgan fingerprint density at radius 1 is 1.08 bits per heavy atom. The van der Waals surface area contributed by atoms with Gasteiger partial charge < -0.3 is 25.4 Å². The summed E-state index contributed by atoms with van der Waals surface area (Å²) >= 11 is 0. The number of amides is 1. The van der Waals surface area contributed by atoms with Crippen molar-refractivity contribution in [3.63, 3.8) is 0 Å². The molecule has 1 fully saturated rings. The molecular formula is C28H32N8O3. The first kappa shape index (κ1) is 26.4. The van der Waals surface area contributed by atoms with Gasteiger partial charge in [0.1, 0.15) is 5.82 Å². The van der Waals surface area contributed by atoms with E-state index in [2.05, 4.69) is 36.5 Å². The number of anilines is 4. The molecule has 0 bridgehead atoms. The number of allylic oxidation sites excluding steroid dienone is 2. The van der Waals surface area contributed by atoms with Crippen LogP contribution in [-0.2, 0) is 4.74 Å². The van der Waals surface area contributed by atoms with Crippen LogP contribution in [0, 0.1) is 0 Å². The van der Waals surface area contributed by atoms with Crippen LogP contribution in [0.4, 0.5) is 23.4 Å². The minimum Gasteiger partial charge on any atom is -0.395 e. The SMILES string of the molecule is COC1C=C(c2nc(Nc3ccc(C(=O)Nc4ccccc4)cn3)nc(N3CCN(CCO)CC3)n2)C=CC1. The van der Waals surface area contributed by atoms with Crippen molar-refractivity contribution in [3.8, 4) is 0 Å². The molecule has 1 saturated heterocycles. The maximum Gasteiger partial charge on any atom is 0.257 e. The van der Waals surface area contributed by atoms with Gasteiger partial charge in [0, 0.05) is 57.3 Å². The first-order valence-electron chi connectivity index (χ1n) is 13.0. The predicted octanol–water partition coefficient (Wildman–Crippen LogP) is 2.74. The molecular weight excluding hydrogens is 496 g/mol. The minimum absolute atomic E-state index is 0.0418. The molecule has 2 aromatic heterocycles. The van der Waals surface area contributed by atoms with Gasteiger partial charge in [0.15, 0.2) is 5.82 Å². The molecule has 0 saturated carbocycles. The number of rotatable bonds is 9. The molecule has 1 unspecified atom stereocenters. The van der Waals surface area contributed by atoms with E-state index < -0.39 is 0 Å². The second kappa shape index (κ2) is 12.6. The summed E-state index contributed by atoms with van der Waals surface area (Å²) < 4.78 is 5.52. The molecule has 1 aliphatic carbocycles. The van der Waals surface area contributed by atoms with Crippen molar-refractivity contribution in [2.24, 2.45) is 0 Å². The molecule has 39 heavy (non-hydrogen) atoms. The van der Waals surface area contributed by atoms with Gasteiger partial charge in [-0.25, -0.2) is 4.98 Å². The Hall–Kier alpha value is -4.19. The van der Waals surface area contributed by atoms with Crippen LogP contribution in [-0.4, -0.2) is 88.4 Å². The van der Waals surface area contributed by atoms with Crippen molar-refractivity contribution < 1.29 is 14.6 Å². The molecule has 0 spiro atoms. The van der Waals surface area contributed by atoms with Crippen LogP contribution in [0.15, 0.2) is 66.9 Å². The van der Waals surface area contributed by atoms with E-state index in [-0.39, 0.29) is 18.6 Å². The third-order valence-corrected chi connectivity index (χ3v) is 6.58. The fourth-order valence-corrected chi connectivity index (χ4v) is 4.41. The Labute approximate surface area is 227 Å². The van der Waals surface area contributed by atoms with Crippen LogP contribution in [0.3, 0.4) is 0 Å². The van der Waals surface area contributed by atoms with E-state index >= 15 is 0 Å². The second-order valence-corrected chi connectivity index (χ2v) is 9.25. The lowest BCUT2D eigenvalue weighted by Gasteiger charge is -2.34. The number of nitrogens with zero attached hydrogens (tertiary/aromatic N) is 6. The number of aliphatic hydroxyl groups excluding tert-OH is 1. The Morgan fingerprint density at radius 3 is 2.62 bits per heavy atom. The highest BCUT2D eigenvalue weighted by molar-refractivity contribution is 6.04. The van der Waals surface area contributed by atoms with Crippen LogP contribution >= 0.6 is 0 Å². The van der Waals surface area contributed by atoms with Gasteiger partial charge in [-0.3, -0.25) is 9.69 Å². The molecule has 202 valence electrons. The topological polar surface area (TPSA) is 129 Å². The third-order valence-electron chi connectivity index (χ3n) is 6.58. The van der Waals surface area contributed by atoms with E-state index in [1.165, 1.54) is 6.20 Å². The van der Waals surface area contributed by atoms with Gasteiger partial charge in [0.05, 0.1) is 18.3 Å². The maximum atomic E-state index is 12.6. The van der Waals surface area contributed by atoms with Crippen LogP contribution in [0.25, 0.3) is 5.57 Å². The maximum absolute atomic E-state index is 12.6. The number of β-amino-alcohol motifs (C(OH)–C–C–N with tert-alkyl or cyclic N) is 1. The largest absolute Gasteiger partial charge is 0.395 e. The number of ether oxygens (including phenoxy) is 1. The lowest BCUT2D eigenvalue weighted by molar-refractivity contribution is 0.102. The highest BCUT2D eigenvalue weighted by atomic mass is 16.5. The smallest absolute Gasteiger partial charge is 0.257 e. The molecule has 1 atom stereocenters. The number of carbonyl (C=O) groups excluding carboxylic acids is 1. The lowest BCUT2D eigenvalue weighted by Crippen LogP contribution is -2.47. The first-order chi connectivity index (χ1) is 19.1. The average molecular weight is 529 g/mol. The highest BCUT2D eigenvalue weighted by Gasteiger charge is 2.22. The van der Waals surface area contributed by atoms with Crippen molar-refractivity contribution in [1.82, 2.24) is 24.8 Å². The summed E-state index contributed by atoms with van der Waals surface area (Å²) in [4.78, 5) is 35.5. The number of para-hydroxylation sites is 1. The molecule has 3 aromatic rings. The number of hydrogen-bond acceptors (Lipinski definition) is 10. The van der Waals surface area contributed by atoms with E-state index in [4.69, 9.17) is 14.7 Å². The van der Waals surface area contributed by atoms with Crippen molar-refractivity contribution in [2.45, 2.75) is 12.5 Å². The van der Waals surface area contributed by atoms with E-state index in [0.29, 0.717) is 41.3 Å². The fourth-order valence-electron chi connectivity index (χ4n) is 4.41. The zero-order chi connectivity index (χ0) is 27.0. The van der Waals surface area contributed by atoms with E-state index in [9.17, 15) is 9.90 Å². The molecule has 5 rings (SSSR count). The monoisotopic (exact) mass is 528 g/mol. The zero-order valence-electron chi connectivity index (χ0n) is 21.8. The molecule has 3 N–H and O–H groups in total. The number of methoxy groups -OCH3 is 1. The molecule has 2 aliphatic rings. The molecule has 1 amide bonds. The molecule has 1 aliphatic heterocycles. The van der Waals surface area contributed by atoms with E-state index in [0.717, 1.165) is 38.2 Å². The number of aromatic nitrogens is 4. The predicted molar refractivity (Wildman–Crippen MR) is 150 cm³/mol. The molecule has 0 radical (unpaired) electrons. The number of nitrogens with one attached hydrogen (secondary N) is 2. The summed E-state index contributed by atoms with van der Waals surface area (Å²) in [7, 11) is 1.69. The van der Waals surface area contributed by atoms with Crippen molar-refractivity contribution in [1.29, 1.82) is 0 Å². The summed E-state index contributed by atoms with van der Waals surface area (Å²) in [6.45, 7) is 3.90. The molecule has 3 heterocycles. The van der Waals surface area contributed by atoms with Crippen LogP contribution in [0.1, 0.15) is 22.6 Å². The number of piperazine rings is 1. The van der Waals surface area contributed by atoms with E-state index in [1.54, 1.807) is 19.2 Å². The number of aliphatic hydroxyl groups is 1. The van der Waals surface area contributed by atoms with Gasteiger partial charge in [-0.1, -0.05) is 30.4 Å². The highest BCUT2D eigenvalue weighted by Crippen LogP contribution is 2.24. The van der Waals surface area contributed by atoms with Gasteiger partial charge in [-0.2, -0.15) is 15.0 Å². The van der Waals surface area contributed by atoms with Gasteiger partial charge in [0.25, 0.3) is 5.91 Å². The number of pyridine rings is 1. The normalized spacial score (nSPS) is 17.5. The summed E-state index contributed by atoms with van der Waals surface area (Å²) in [5.41, 5.74) is 2.01. The summed E-state index contributed by atoms with van der Waals surface area (Å²) in [6.07, 6.45) is 8.33. The van der Waals surface area contributed by atoms with Gasteiger partial charge in [-0.05, 0) is 36.8 Å². The van der Waals surface area contributed by atoms with Gasteiger partial charge in [0.2, 0.25) is 11.9 Å². The molecule has 1 aromatic carbocycles. The number of hydrogen-bond donors (Lipinski definition) is 3. The Kier molecular flexibility index (Phi) is 8.51. The molecule has 11 heteroatoms. The van der Waals surface area contributed by atoms with Crippen LogP contribution < -0.4 is 15.5 Å². The fraction of sp³-hybridized carbons (Fsp3) is 0.321. The van der Waals surface area contributed by atoms with Gasteiger partial charge >= 0.3 is 0 Å². The van der Waals surface area contributed by atoms with Crippen molar-refractivity contribution >= 4 is 34.9 Å². The van der Waals surface area contributed by atoms with Crippen LogP contribution in [0.2, 0.25) is 0 Å². The summed E-state index contributed by atoms with van der Waals surface area (Å²) in [5.74, 6) is 1.73. The zero-order valence-corrected chi connectivity index (χ0v) is 21.8. The lowest BCUT2D eigenvalue weighted by atomic mass is 10.0. The quantitative estimate of drug-likeness (QED) is 0.381. The number of benzene rings is 1. The minimum atomic E-state index is -0.242. The second-order valence-electron chi connectivity index (χ2n) is 9.25. The third kappa shape index (κ3) is 6.82. The standard InChI is InChI=1S/C28H32N8O3/c1-39-23-9-5-6-20(18-23)25-32-27(34-28(33-25)36-14-12-35(13-15-36)16-17-37)31-24-11-10-21(19-29-24)26(38)30-22-7-3-2-4-8-22/h2-8,10-11,18-19,23,37H,9,12-17H2,1H3,(H,30,38)(H,29,31,32,33,34). The Bertz CT molecular complexity index is 1320. The summed E-state index contributed by atoms with van der Waals surface area (Å²) in [6, 6.07) is 12.7. The first-order valence-corrected chi connectivity index (χ1v) is 13.0. The molecule has 11 nitrogen and oxygen atoms in total.